The molecular formula is C16H17N3O6. The van der Waals surface area contributed by atoms with Crippen molar-refractivity contribution in [2.24, 2.45) is 0 Å². The molecule has 0 aliphatic carbocycles. The Balaban J connectivity index is 2.02. The summed E-state index contributed by atoms with van der Waals surface area (Å²) in [6.45, 7) is -0.540. The van der Waals surface area contributed by atoms with Crippen molar-refractivity contribution in [1.82, 2.24) is 9.55 Å². The van der Waals surface area contributed by atoms with Gasteiger partial charge in [-0.15, -0.1) is 0 Å². The van der Waals surface area contributed by atoms with Crippen LogP contribution in [0.3, 0.4) is 0 Å². The second-order valence-corrected chi connectivity index (χ2v) is 5.65. The van der Waals surface area contributed by atoms with E-state index in [1.165, 1.54) is 0 Å². The molecule has 0 spiro atoms. The summed E-state index contributed by atoms with van der Waals surface area (Å²) in [7, 11) is 0. The Morgan fingerprint density at radius 3 is 2.52 bits per heavy atom. The van der Waals surface area contributed by atoms with Crippen molar-refractivity contribution in [3.63, 3.8) is 0 Å². The monoisotopic (exact) mass is 347 g/mol. The van der Waals surface area contributed by atoms with E-state index in [1.807, 2.05) is 0 Å². The summed E-state index contributed by atoms with van der Waals surface area (Å²) in [5.41, 5.74) is 5.17. The fourth-order valence-corrected chi connectivity index (χ4v) is 2.69. The van der Waals surface area contributed by atoms with Crippen molar-refractivity contribution >= 4 is 11.6 Å². The standard InChI is InChI=1S/C16H17N3O6/c17-14-9(11(21)8-4-2-1-3-5-8)6-19(16(24)18-14)15-13(23)12(22)10(7-20)25-15/h1-6,10,12-13,15,20,22-23H,7H2,(H2,17,18,24)/t10-,12-,13-,15-/m1/s1. The van der Waals surface area contributed by atoms with Crippen LogP contribution >= 0.6 is 0 Å². The summed E-state index contributed by atoms with van der Waals surface area (Å²) in [4.78, 5) is 28.3. The Bertz CT molecular complexity index is 838. The number of ketones is 1. The van der Waals surface area contributed by atoms with E-state index in [1.54, 1.807) is 30.3 Å². The van der Waals surface area contributed by atoms with Gasteiger partial charge in [-0.2, -0.15) is 4.98 Å². The minimum Gasteiger partial charge on any atom is -0.394 e. The molecule has 4 atom stereocenters. The van der Waals surface area contributed by atoms with Gasteiger partial charge in [0.25, 0.3) is 0 Å². The summed E-state index contributed by atoms with van der Waals surface area (Å²) in [6, 6.07) is 8.28. The zero-order valence-electron chi connectivity index (χ0n) is 13.0. The second-order valence-electron chi connectivity index (χ2n) is 5.65. The third-order valence-corrected chi connectivity index (χ3v) is 4.05. The number of nitrogens with zero attached hydrogens (tertiary/aromatic N) is 2. The van der Waals surface area contributed by atoms with Gasteiger partial charge in [-0.3, -0.25) is 9.36 Å². The molecule has 3 rings (SSSR count). The average molecular weight is 347 g/mol. The predicted octanol–water partition coefficient (Wildman–Crippen LogP) is -1.33. The van der Waals surface area contributed by atoms with Crippen LogP contribution in [-0.2, 0) is 4.74 Å². The SMILES string of the molecule is Nc1nc(=O)n([C@@H]2O[C@H](CO)[C@@H](O)[C@H]2O)cc1C(=O)c1ccccc1. The van der Waals surface area contributed by atoms with Gasteiger partial charge in [-0.1, -0.05) is 30.3 Å². The molecule has 1 aliphatic heterocycles. The molecule has 9 nitrogen and oxygen atoms in total. The van der Waals surface area contributed by atoms with Gasteiger partial charge in [0.1, 0.15) is 24.1 Å². The number of carbonyl (C=O) groups excluding carboxylic acids is 1. The first-order chi connectivity index (χ1) is 11.9. The van der Waals surface area contributed by atoms with Crippen LogP contribution in [0, 0.1) is 0 Å². The molecule has 0 amide bonds. The number of ether oxygens (including phenoxy) is 1. The molecule has 2 aromatic rings. The number of rotatable bonds is 4. The number of aliphatic hydroxyl groups is 3. The maximum absolute atomic E-state index is 12.6. The quantitative estimate of drug-likeness (QED) is 0.497. The molecule has 1 fully saturated rings. The lowest BCUT2D eigenvalue weighted by molar-refractivity contribution is -0.0549. The molecule has 0 saturated carbocycles. The summed E-state index contributed by atoms with van der Waals surface area (Å²) in [5.74, 6) is -0.701. The molecule has 0 unspecified atom stereocenters. The van der Waals surface area contributed by atoms with E-state index in [9.17, 15) is 19.8 Å². The first-order valence-corrected chi connectivity index (χ1v) is 7.55. The van der Waals surface area contributed by atoms with E-state index in [0.29, 0.717) is 5.56 Å². The van der Waals surface area contributed by atoms with Gasteiger partial charge in [0.15, 0.2) is 12.0 Å². The van der Waals surface area contributed by atoms with E-state index < -0.39 is 42.6 Å². The average Bonchev–Trinajstić information content (AvgIpc) is 2.90. The highest BCUT2D eigenvalue weighted by Crippen LogP contribution is 2.28. The smallest absolute Gasteiger partial charge is 0.351 e. The summed E-state index contributed by atoms with van der Waals surface area (Å²) < 4.78 is 6.19. The number of aromatic nitrogens is 2. The van der Waals surface area contributed by atoms with Crippen molar-refractivity contribution in [1.29, 1.82) is 0 Å². The predicted molar refractivity (Wildman–Crippen MR) is 85.8 cm³/mol. The maximum atomic E-state index is 12.6. The highest BCUT2D eigenvalue weighted by molar-refractivity contribution is 6.11. The molecular weight excluding hydrogens is 330 g/mol. The van der Waals surface area contributed by atoms with Crippen molar-refractivity contribution in [2.75, 3.05) is 12.3 Å². The molecule has 0 bridgehead atoms. The second kappa shape index (κ2) is 6.73. The number of anilines is 1. The van der Waals surface area contributed by atoms with Crippen molar-refractivity contribution < 1.29 is 24.9 Å². The van der Waals surface area contributed by atoms with Crippen LogP contribution in [0.2, 0.25) is 0 Å². The number of nitrogens with two attached hydrogens (primary N) is 1. The molecule has 25 heavy (non-hydrogen) atoms. The highest BCUT2D eigenvalue weighted by Gasteiger charge is 2.44. The Morgan fingerprint density at radius 2 is 1.92 bits per heavy atom. The largest absolute Gasteiger partial charge is 0.394 e. The molecule has 2 heterocycles. The lowest BCUT2D eigenvalue weighted by Gasteiger charge is -2.18. The highest BCUT2D eigenvalue weighted by atomic mass is 16.6. The van der Waals surface area contributed by atoms with Gasteiger partial charge in [0, 0.05) is 11.8 Å². The van der Waals surface area contributed by atoms with Gasteiger partial charge < -0.3 is 25.8 Å². The Kier molecular flexibility index (Phi) is 4.64. The van der Waals surface area contributed by atoms with Crippen LogP contribution in [0.25, 0.3) is 0 Å². The van der Waals surface area contributed by atoms with E-state index >= 15 is 0 Å². The molecule has 1 saturated heterocycles. The first kappa shape index (κ1) is 17.2. The number of benzene rings is 1. The first-order valence-electron chi connectivity index (χ1n) is 7.55. The van der Waals surface area contributed by atoms with Gasteiger partial charge in [-0.05, 0) is 0 Å². The summed E-state index contributed by atoms with van der Waals surface area (Å²) >= 11 is 0. The normalized spacial score (nSPS) is 25.9. The van der Waals surface area contributed by atoms with Gasteiger partial charge in [-0.25, -0.2) is 4.79 Å². The van der Waals surface area contributed by atoms with E-state index in [2.05, 4.69) is 4.98 Å². The van der Waals surface area contributed by atoms with Gasteiger partial charge in [0.2, 0.25) is 0 Å². The lowest BCUT2D eigenvalue weighted by atomic mass is 10.1. The lowest BCUT2D eigenvalue weighted by Crippen LogP contribution is -2.36. The van der Waals surface area contributed by atoms with Crippen molar-refractivity contribution in [2.45, 2.75) is 24.5 Å². The molecule has 1 aromatic heterocycles. The number of carbonyl (C=O) groups is 1. The fourth-order valence-electron chi connectivity index (χ4n) is 2.69. The third kappa shape index (κ3) is 3.05. The number of hydrogen-bond donors (Lipinski definition) is 4. The van der Waals surface area contributed by atoms with Crippen LogP contribution in [0.4, 0.5) is 5.82 Å². The van der Waals surface area contributed by atoms with Crippen LogP contribution in [0.1, 0.15) is 22.1 Å². The van der Waals surface area contributed by atoms with Crippen LogP contribution in [-0.4, -0.2) is 55.6 Å². The molecule has 132 valence electrons. The Hall–Kier alpha value is -2.59. The van der Waals surface area contributed by atoms with Crippen LogP contribution in [0.5, 0.6) is 0 Å². The molecule has 0 radical (unpaired) electrons. The van der Waals surface area contributed by atoms with Crippen LogP contribution in [0.15, 0.2) is 41.3 Å². The maximum Gasteiger partial charge on any atom is 0.351 e. The molecule has 1 aromatic carbocycles. The van der Waals surface area contributed by atoms with Crippen molar-refractivity contribution in [3.05, 3.63) is 58.1 Å². The van der Waals surface area contributed by atoms with E-state index in [0.717, 1.165) is 10.8 Å². The minimum absolute atomic E-state index is 0.0384. The van der Waals surface area contributed by atoms with E-state index in [-0.39, 0.29) is 11.4 Å². The fraction of sp³-hybridized carbons (Fsp3) is 0.312. The minimum atomic E-state index is -1.47. The number of nitrogen functional groups attached to an aromatic ring is 1. The zero-order chi connectivity index (χ0) is 18.1. The number of aliphatic hydroxyl groups excluding tert-OH is 3. The molecule has 9 heteroatoms. The summed E-state index contributed by atoms with van der Waals surface area (Å²) in [6.07, 6.45) is -4.07. The van der Waals surface area contributed by atoms with Gasteiger partial charge in [0.05, 0.1) is 12.2 Å². The Morgan fingerprint density at radius 1 is 1.24 bits per heavy atom. The zero-order valence-corrected chi connectivity index (χ0v) is 13.0. The molecule has 5 N–H and O–H groups in total. The topological polar surface area (TPSA) is 148 Å². The number of hydrogen-bond acceptors (Lipinski definition) is 8. The van der Waals surface area contributed by atoms with E-state index in [4.69, 9.17) is 15.6 Å². The summed E-state index contributed by atoms with van der Waals surface area (Å²) in [5, 5.41) is 29.0. The van der Waals surface area contributed by atoms with Gasteiger partial charge >= 0.3 is 5.69 Å². The van der Waals surface area contributed by atoms with Crippen molar-refractivity contribution in [3.8, 4) is 0 Å². The molecule has 1 aliphatic rings. The van der Waals surface area contributed by atoms with Crippen LogP contribution < -0.4 is 11.4 Å². The third-order valence-electron chi connectivity index (χ3n) is 4.05. The Labute approximate surface area is 141 Å².